The van der Waals surface area contributed by atoms with Crippen molar-refractivity contribution in [2.45, 2.75) is 19.0 Å². The molecular formula is C18H25ClN4. The van der Waals surface area contributed by atoms with E-state index in [0.29, 0.717) is 0 Å². The zero-order valence-corrected chi connectivity index (χ0v) is 14.3. The Balaban J connectivity index is 0.00000156. The first-order valence-electron chi connectivity index (χ1n) is 8.40. The Morgan fingerprint density at radius 3 is 2.70 bits per heavy atom. The van der Waals surface area contributed by atoms with Gasteiger partial charge in [0.15, 0.2) is 0 Å². The van der Waals surface area contributed by atoms with Crippen molar-refractivity contribution in [3.63, 3.8) is 0 Å². The number of benzene rings is 1. The first-order valence-corrected chi connectivity index (χ1v) is 8.40. The van der Waals surface area contributed by atoms with Crippen molar-refractivity contribution in [2.24, 2.45) is 0 Å². The number of piperazine rings is 1. The minimum absolute atomic E-state index is 0. The molecule has 2 aliphatic heterocycles. The van der Waals surface area contributed by atoms with Crippen LogP contribution in [0.5, 0.6) is 0 Å². The molecule has 0 spiro atoms. The molecule has 4 rings (SSSR count). The molecule has 5 heteroatoms. The van der Waals surface area contributed by atoms with Gasteiger partial charge in [0.25, 0.3) is 0 Å². The quantitative estimate of drug-likeness (QED) is 0.933. The van der Waals surface area contributed by atoms with Crippen LogP contribution >= 0.6 is 12.4 Å². The third-order valence-electron chi connectivity index (χ3n) is 5.07. The maximum absolute atomic E-state index is 4.58. The Labute approximate surface area is 144 Å². The smallest absolute Gasteiger partial charge is 0.0746 e. The van der Waals surface area contributed by atoms with Gasteiger partial charge in [0, 0.05) is 56.9 Å². The number of para-hydroxylation sites is 1. The molecule has 1 aromatic carbocycles. The highest BCUT2D eigenvalue weighted by molar-refractivity contribution is 5.85. The lowest BCUT2D eigenvalue weighted by Crippen LogP contribution is -2.50. The standard InChI is InChI=1S/C18H24N4.ClH/c1-3-15-5-2-7-20-18(15)16(4-1)14-21-9-11-22(12-10-21)17-6-8-19-13-17;/h1-5,7,17,19H,6,8-14H2;1H. The summed E-state index contributed by atoms with van der Waals surface area (Å²) in [4.78, 5) is 9.82. The summed E-state index contributed by atoms with van der Waals surface area (Å²) in [6, 6.07) is 11.5. The summed E-state index contributed by atoms with van der Waals surface area (Å²) in [7, 11) is 0. The fraction of sp³-hybridized carbons (Fsp3) is 0.500. The van der Waals surface area contributed by atoms with Crippen LogP contribution in [0.4, 0.5) is 0 Å². The van der Waals surface area contributed by atoms with Crippen molar-refractivity contribution in [1.29, 1.82) is 0 Å². The van der Waals surface area contributed by atoms with Gasteiger partial charge >= 0.3 is 0 Å². The highest BCUT2D eigenvalue weighted by Gasteiger charge is 2.26. The van der Waals surface area contributed by atoms with E-state index in [1.165, 1.54) is 56.6 Å². The van der Waals surface area contributed by atoms with E-state index >= 15 is 0 Å². The highest BCUT2D eigenvalue weighted by atomic mass is 35.5. The van der Waals surface area contributed by atoms with Crippen molar-refractivity contribution in [3.8, 4) is 0 Å². The summed E-state index contributed by atoms with van der Waals surface area (Å²) in [5.41, 5.74) is 2.52. The summed E-state index contributed by atoms with van der Waals surface area (Å²) in [5.74, 6) is 0. The number of fused-ring (bicyclic) bond motifs is 1. The van der Waals surface area contributed by atoms with Gasteiger partial charge in [0.2, 0.25) is 0 Å². The minimum atomic E-state index is 0. The lowest BCUT2D eigenvalue weighted by Gasteiger charge is -2.37. The van der Waals surface area contributed by atoms with Gasteiger partial charge in [-0.15, -0.1) is 12.4 Å². The lowest BCUT2D eigenvalue weighted by atomic mass is 10.1. The SMILES string of the molecule is Cl.c1cnc2c(CN3CCN(C4CCNC4)CC3)cccc2c1. The van der Waals surface area contributed by atoms with Crippen molar-refractivity contribution < 1.29 is 0 Å². The second-order valence-electron chi connectivity index (χ2n) is 6.45. The normalized spacial score (nSPS) is 23.0. The minimum Gasteiger partial charge on any atom is -0.315 e. The van der Waals surface area contributed by atoms with E-state index < -0.39 is 0 Å². The Kier molecular flexibility index (Phi) is 5.49. The fourth-order valence-electron chi connectivity index (χ4n) is 3.77. The number of hydrogen-bond donors (Lipinski definition) is 1. The molecule has 0 amide bonds. The molecule has 4 nitrogen and oxygen atoms in total. The fourth-order valence-corrected chi connectivity index (χ4v) is 3.77. The van der Waals surface area contributed by atoms with E-state index in [1.807, 2.05) is 12.3 Å². The van der Waals surface area contributed by atoms with Crippen LogP contribution in [0.3, 0.4) is 0 Å². The van der Waals surface area contributed by atoms with Crippen molar-refractivity contribution in [1.82, 2.24) is 20.1 Å². The van der Waals surface area contributed by atoms with E-state index in [1.54, 1.807) is 0 Å². The van der Waals surface area contributed by atoms with Crippen molar-refractivity contribution in [2.75, 3.05) is 39.3 Å². The van der Waals surface area contributed by atoms with E-state index in [9.17, 15) is 0 Å². The summed E-state index contributed by atoms with van der Waals surface area (Å²) in [5, 5.41) is 4.72. The molecule has 0 aliphatic carbocycles. The maximum atomic E-state index is 4.58. The molecule has 1 aromatic heterocycles. The van der Waals surface area contributed by atoms with E-state index in [2.05, 4.69) is 44.4 Å². The highest BCUT2D eigenvalue weighted by Crippen LogP contribution is 2.19. The number of pyridine rings is 1. The zero-order valence-electron chi connectivity index (χ0n) is 13.4. The molecule has 3 heterocycles. The molecule has 2 aromatic rings. The number of nitrogens with zero attached hydrogens (tertiary/aromatic N) is 3. The molecule has 0 bridgehead atoms. The summed E-state index contributed by atoms with van der Waals surface area (Å²) in [6.07, 6.45) is 3.21. The Hall–Kier alpha value is -1.20. The van der Waals surface area contributed by atoms with Crippen LogP contribution < -0.4 is 5.32 Å². The van der Waals surface area contributed by atoms with Crippen molar-refractivity contribution in [3.05, 3.63) is 42.1 Å². The van der Waals surface area contributed by atoms with Gasteiger partial charge < -0.3 is 5.32 Å². The van der Waals surface area contributed by atoms with Gasteiger partial charge in [0.05, 0.1) is 5.52 Å². The molecule has 1 atom stereocenters. The topological polar surface area (TPSA) is 31.4 Å². The predicted octanol–water partition coefficient (Wildman–Crippen LogP) is 2.14. The molecule has 1 unspecified atom stereocenters. The average Bonchev–Trinajstić information content (AvgIpc) is 3.10. The summed E-state index contributed by atoms with van der Waals surface area (Å²) < 4.78 is 0. The van der Waals surface area contributed by atoms with Gasteiger partial charge in [-0.05, 0) is 24.6 Å². The molecule has 2 saturated heterocycles. The van der Waals surface area contributed by atoms with Gasteiger partial charge in [-0.1, -0.05) is 24.3 Å². The maximum Gasteiger partial charge on any atom is 0.0746 e. The van der Waals surface area contributed by atoms with E-state index in [0.717, 1.165) is 18.1 Å². The van der Waals surface area contributed by atoms with Crippen LogP contribution in [-0.2, 0) is 6.54 Å². The molecule has 1 N–H and O–H groups in total. The largest absolute Gasteiger partial charge is 0.315 e. The number of rotatable bonds is 3. The van der Waals surface area contributed by atoms with Crippen LogP contribution in [-0.4, -0.2) is 60.1 Å². The van der Waals surface area contributed by atoms with E-state index in [-0.39, 0.29) is 12.4 Å². The second kappa shape index (κ2) is 7.58. The lowest BCUT2D eigenvalue weighted by molar-refractivity contribution is 0.0983. The summed E-state index contributed by atoms with van der Waals surface area (Å²) >= 11 is 0. The van der Waals surface area contributed by atoms with Crippen LogP contribution in [0, 0.1) is 0 Å². The second-order valence-corrected chi connectivity index (χ2v) is 6.45. The molecule has 0 saturated carbocycles. The van der Waals surface area contributed by atoms with Crippen LogP contribution in [0.15, 0.2) is 36.5 Å². The monoisotopic (exact) mass is 332 g/mol. The van der Waals surface area contributed by atoms with Crippen molar-refractivity contribution >= 4 is 23.3 Å². The molecule has 23 heavy (non-hydrogen) atoms. The molecule has 124 valence electrons. The van der Waals surface area contributed by atoms with Crippen LogP contribution in [0.25, 0.3) is 10.9 Å². The van der Waals surface area contributed by atoms with Gasteiger partial charge in [-0.3, -0.25) is 14.8 Å². The Morgan fingerprint density at radius 2 is 1.91 bits per heavy atom. The number of aromatic nitrogens is 1. The Bertz CT molecular complexity index is 628. The molecule has 2 aliphatic rings. The molecule has 2 fully saturated rings. The molecule has 0 radical (unpaired) electrons. The average molecular weight is 333 g/mol. The van der Waals surface area contributed by atoms with Gasteiger partial charge in [-0.25, -0.2) is 0 Å². The van der Waals surface area contributed by atoms with Gasteiger partial charge in [0.1, 0.15) is 0 Å². The van der Waals surface area contributed by atoms with Gasteiger partial charge in [-0.2, -0.15) is 0 Å². The zero-order chi connectivity index (χ0) is 14.8. The first kappa shape index (κ1) is 16.7. The van der Waals surface area contributed by atoms with E-state index in [4.69, 9.17) is 0 Å². The Morgan fingerprint density at radius 1 is 1.09 bits per heavy atom. The summed E-state index contributed by atoms with van der Waals surface area (Å²) in [6.45, 7) is 8.11. The predicted molar refractivity (Wildman–Crippen MR) is 97.1 cm³/mol. The third kappa shape index (κ3) is 3.66. The van der Waals surface area contributed by atoms with Crippen LogP contribution in [0.1, 0.15) is 12.0 Å². The third-order valence-corrected chi connectivity index (χ3v) is 5.07. The number of nitrogens with one attached hydrogen (secondary N) is 1. The number of halogens is 1. The van der Waals surface area contributed by atoms with Crippen LogP contribution in [0.2, 0.25) is 0 Å². The first-order chi connectivity index (χ1) is 10.9. The number of hydrogen-bond acceptors (Lipinski definition) is 4. The molecular weight excluding hydrogens is 308 g/mol.